The molecule has 4 aliphatic rings. The van der Waals surface area contributed by atoms with Crippen molar-refractivity contribution in [3.8, 4) is 0 Å². The van der Waals surface area contributed by atoms with Crippen LogP contribution in [0.3, 0.4) is 0 Å². The summed E-state index contributed by atoms with van der Waals surface area (Å²) >= 11 is 0. The minimum Gasteiger partial charge on any atom is -0.456 e. The third kappa shape index (κ3) is 6.42. The van der Waals surface area contributed by atoms with Gasteiger partial charge in [0.05, 0.1) is 30.2 Å². The number of ketones is 1. The second-order valence-electron chi connectivity index (χ2n) is 15.5. The largest absolute Gasteiger partial charge is 0.456 e. The number of rotatable bonds is 8. The highest BCUT2D eigenvalue weighted by atomic mass is 16.6. The number of hydrogen-bond donors (Lipinski definition) is 4. The fourth-order valence-corrected chi connectivity index (χ4v) is 8.94. The number of nitrogens with one attached hydrogen (secondary N) is 1. The van der Waals surface area contributed by atoms with E-state index in [1.165, 1.54) is 32.1 Å². The van der Waals surface area contributed by atoms with E-state index in [2.05, 4.69) is 5.32 Å². The molecular formula is C38H49NO12. The third-order valence-electron chi connectivity index (χ3n) is 11.5. The summed E-state index contributed by atoms with van der Waals surface area (Å²) in [6, 6.07) is 6.95. The summed E-state index contributed by atoms with van der Waals surface area (Å²) in [5, 5.41) is 38.6. The molecule has 51 heavy (non-hydrogen) atoms. The molecule has 1 amide bonds. The molecule has 10 atom stereocenters. The molecule has 3 fully saturated rings. The topological polar surface area (TPSA) is 195 Å². The van der Waals surface area contributed by atoms with Crippen molar-refractivity contribution < 1.29 is 58.2 Å². The van der Waals surface area contributed by atoms with Crippen LogP contribution in [-0.4, -0.2) is 99.3 Å². The van der Waals surface area contributed by atoms with Crippen LogP contribution in [-0.2, 0) is 38.1 Å². The molecule has 13 nitrogen and oxygen atoms in total. The molecule has 1 aromatic rings. The van der Waals surface area contributed by atoms with Crippen molar-refractivity contribution in [3.05, 3.63) is 58.7 Å². The lowest BCUT2D eigenvalue weighted by Crippen LogP contribution is -2.80. The second-order valence-corrected chi connectivity index (χ2v) is 15.5. The van der Waals surface area contributed by atoms with Gasteiger partial charge in [-0.15, -0.1) is 0 Å². The quantitative estimate of drug-likeness (QED) is 0.175. The van der Waals surface area contributed by atoms with Gasteiger partial charge in [-0.2, -0.15) is 0 Å². The number of Topliss-reactive ketones (excluding diaryl/α,β-unsaturated/α-hetero) is 1. The van der Waals surface area contributed by atoms with Crippen LogP contribution in [0.5, 0.6) is 0 Å². The van der Waals surface area contributed by atoms with Gasteiger partial charge in [-0.3, -0.25) is 14.4 Å². The maximum Gasteiger partial charge on any atom is 0.338 e. The Bertz CT molecular complexity index is 1660. The number of amides is 1. The Morgan fingerprint density at radius 3 is 2.24 bits per heavy atom. The van der Waals surface area contributed by atoms with Gasteiger partial charge in [-0.05, 0) is 38.5 Å². The first-order valence-corrected chi connectivity index (χ1v) is 17.2. The summed E-state index contributed by atoms with van der Waals surface area (Å²) in [7, 11) is 0. The number of aliphatic hydroxyl groups is 3. The van der Waals surface area contributed by atoms with Gasteiger partial charge in [-0.1, -0.05) is 50.6 Å². The van der Waals surface area contributed by atoms with Crippen LogP contribution in [0.25, 0.3) is 0 Å². The van der Waals surface area contributed by atoms with E-state index in [4.69, 9.17) is 18.9 Å². The summed E-state index contributed by atoms with van der Waals surface area (Å²) in [5.41, 5.74) is -5.26. The number of carbonyl (C=O) groups is 5. The number of allylic oxidation sites excluding steroid dienone is 1. The van der Waals surface area contributed by atoms with E-state index in [9.17, 15) is 39.3 Å². The molecule has 4 N–H and O–H groups in total. The van der Waals surface area contributed by atoms with Gasteiger partial charge in [0, 0.05) is 49.5 Å². The highest BCUT2D eigenvalue weighted by Gasteiger charge is 2.76. The smallest absolute Gasteiger partial charge is 0.338 e. The van der Waals surface area contributed by atoms with Crippen LogP contribution in [0, 0.1) is 16.7 Å². The molecule has 0 aromatic heterocycles. The molecule has 1 aromatic carbocycles. The van der Waals surface area contributed by atoms with Crippen LogP contribution >= 0.6 is 0 Å². The number of carbonyl (C=O) groups excluding carboxylic acids is 5. The zero-order valence-electron chi connectivity index (χ0n) is 30.3. The van der Waals surface area contributed by atoms with E-state index >= 15 is 0 Å². The van der Waals surface area contributed by atoms with Gasteiger partial charge in [0.2, 0.25) is 5.91 Å². The van der Waals surface area contributed by atoms with Crippen LogP contribution in [0.4, 0.5) is 0 Å². The molecule has 5 rings (SSSR count). The molecule has 13 heteroatoms. The summed E-state index contributed by atoms with van der Waals surface area (Å²) < 4.78 is 24.1. The van der Waals surface area contributed by atoms with Crippen LogP contribution in [0.15, 0.2) is 53.1 Å². The summed E-state index contributed by atoms with van der Waals surface area (Å²) in [6.07, 6.45) is -5.94. The van der Waals surface area contributed by atoms with Gasteiger partial charge < -0.3 is 39.6 Å². The van der Waals surface area contributed by atoms with E-state index in [0.717, 1.165) is 0 Å². The van der Waals surface area contributed by atoms with Crippen molar-refractivity contribution in [2.24, 2.45) is 16.7 Å². The Hall–Kier alpha value is -3.91. The molecule has 1 aliphatic heterocycles. The zero-order valence-corrected chi connectivity index (χ0v) is 30.3. The third-order valence-corrected chi connectivity index (χ3v) is 11.5. The van der Waals surface area contributed by atoms with Crippen LogP contribution < -0.4 is 5.32 Å². The number of hydrogen-bond acceptors (Lipinski definition) is 12. The van der Waals surface area contributed by atoms with Crippen molar-refractivity contribution >= 4 is 29.6 Å². The van der Waals surface area contributed by atoms with Crippen molar-refractivity contribution in [2.75, 3.05) is 6.61 Å². The molecule has 0 unspecified atom stereocenters. The Balaban J connectivity index is 1.69. The average molecular weight is 712 g/mol. The van der Waals surface area contributed by atoms with Gasteiger partial charge in [0.15, 0.2) is 17.5 Å². The molecule has 3 aliphatic carbocycles. The molecule has 278 valence electrons. The molecule has 0 radical (unpaired) electrons. The van der Waals surface area contributed by atoms with E-state index in [-0.39, 0.29) is 30.6 Å². The first-order valence-electron chi connectivity index (χ1n) is 17.2. The maximum atomic E-state index is 14.6. The number of fused-ring (bicyclic) bond motifs is 5. The SMILES string of the molecule is CC(=O)N[C@@H](C=C(C)C)[C@@H](O)C(=O)O[C@H]1C[C@@]2(O)[C@@H](OC(=O)c3ccccc3)[C@H]3[C@](C)(CC(=O)C(=C1C)C2(C)C)[C@@H](O)C[C@H]1OC[C@]13OC(C)=O. The van der Waals surface area contributed by atoms with Crippen molar-refractivity contribution in [1.82, 2.24) is 5.32 Å². The lowest BCUT2D eigenvalue weighted by Gasteiger charge is -2.67. The Morgan fingerprint density at radius 2 is 1.69 bits per heavy atom. The van der Waals surface area contributed by atoms with Gasteiger partial charge in [0.1, 0.15) is 23.9 Å². The zero-order chi connectivity index (χ0) is 37.8. The number of esters is 3. The Labute approximate surface area is 297 Å². The van der Waals surface area contributed by atoms with Crippen LogP contribution in [0.2, 0.25) is 0 Å². The van der Waals surface area contributed by atoms with Crippen LogP contribution in [0.1, 0.15) is 85.0 Å². The first-order chi connectivity index (χ1) is 23.7. The van der Waals surface area contributed by atoms with Crippen molar-refractivity contribution in [1.29, 1.82) is 0 Å². The molecule has 1 heterocycles. The normalized spacial score (nSPS) is 34.9. The first kappa shape index (κ1) is 38.3. The summed E-state index contributed by atoms with van der Waals surface area (Å²) in [5.74, 6) is -4.73. The molecule has 0 spiro atoms. The predicted octanol–water partition coefficient (Wildman–Crippen LogP) is 2.49. The fourth-order valence-electron chi connectivity index (χ4n) is 8.94. The fraction of sp³-hybridized carbons (Fsp3) is 0.605. The molecule has 2 bridgehead atoms. The van der Waals surface area contributed by atoms with E-state index in [1.807, 2.05) is 0 Å². The lowest BCUT2D eigenvalue weighted by atomic mass is 9.45. The average Bonchev–Trinajstić information content (AvgIpc) is 3.02. The van der Waals surface area contributed by atoms with Crippen molar-refractivity contribution in [3.63, 3.8) is 0 Å². The van der Waals surface area contributed by atoms with E-state index in [0.29, 0.717) is 11.1 Å². The predicted molar refractivity (Wildman–Crippen MR) is 181 cm³/mol. The monoisotopic (exact) mass is 711 g/mol. The van der Waals surface area contributed by atoms with E-state index < -0.39 is 101 Å². The molecule has 2 saturated carbocycles. The molecular weight excluding hydrogens is 662 g/mol. The van der Waals surface area contributed by atoms with Gasteiger partial charge >= 0.3 is 17.9 Å². The lowest BCUT2D eigenvalue weighted by molar-refractivity contribution is -0.349. The highest BCUT2D eigenvalue weighted by Crippen LogP contribution is 2.64. The standard InChI is InChI=1S/C38H49NO12/c1-19(2)14-24(39-21(4)40)30(44)34(46)49-26-17-38(47)32(50-33(45)23-12-10-9-11-13-23)31-36(8,16-25(42)29(20(26)3)35(38,6)7)27(43)15-28-37(31,18-48-28)51-22(5)41/h9-14,24,26-28,30-32,43-44,47H,15-18H2,1-8H3,(H,39,40)/t24-,26-,27-,28+,30+,31-,32-,36+,37-,38+/m0/s1. The second kappa shape index (κ2) is 13.6. The minimum atomic E-state index is -2.20. The molecule has 1 saturated heterocycles. The summed E-state index contributed by atoms with van der Waals surface area (Å²) in [4.78, 5) is 66.8. The minimum absolute atomic E-state index is 0.0199. The Morgan fingerprint density at radius 1 is 1.04 bits per heavy atom. The number of benzene rings is 1. The van der Waals surface area contributed by atoms with E-state index in [1.54, 1.807) is 59.7 Å². The summed E-state index contributed by atoms with van der Waals surface area (Å²) in [6.45, 7) is 12.3. The maximum absolute atomic E-state index is 14.6. The number of ether oxygens (including phenoxy) is 4. The van der Waals surface area contributed by atoms with Gasteiger partial charge in [-0.25, -0.2) is 9.59 Å². The highest BCUT2D eigenvalue weighted by molar-refractivity contribution is 5.99. The van der Waals surface area contributed by atoms with Crippen molar-refractivity contribution in [2.45, 2.75) is 122 Å². The number of aliphatic hydroxyl groups excluding tert-OH is 2. The van der Waals surface area contributed by atoms with Gasteiger partial charge in [0.25, 0.3) is 0 Å². The Kier molecular flexibility index (Phi) is 10.2.